The third-order valence-corrected chi connectivity index (χ3v) is 4.85. The number of nitrogens with one attached hydrogen (secondary N) is 2. The number of aryl methyl sites for hydroxylation is 1. The van der Waals surface area contributed by atoms with E-state index in [4.69, 9.17) is 12.2 Å². The van der Waals surface area contributed by atoms with E-state index in [1.165, 1.54) is 6.42 Å². The van der Waals surface area contributed by atoms with Crippen molar-refractivity contribution in [2.24, 2.45) is 0 Å². The Morgan fingerprint density at radius 2 is 1.63 bits per heavy atom. The highest BCUT2D eigenvalue weighted by molar-refractivity contribution is 7.80. The summed E-state index contributed by atoms with van der Waals surface area (Å²) in [6, 6.07) is 14.5. The standard InChI is InChI=1S/C21H23N3O2S/c1-15-7-3-4-8-18(15)19(25)23-21(27)22-17-11-9-16(10-12-17)20(26)24-13-5-2-6-14-24/h3-4,7-12H,2,5-6,13-14H2,1H3,(H2,22,23,25,27). The Balaban J connectivity index is 1.57. The summed E-state index contributed by atoms with van der Waals surface area (Å²) in [5.41, 5.74) is 2.86. The zero-order chi connectivity index (χ0) is 19.2. The van der Waals surface area contributed by atoms with Crippen molar-refractivity contribution in [3.8, 4) is 0 Å². The van der Waals surface area contributed by atoms with E-state index in [0.29, 0.717) is 11.1 Å². The summed E-state index contributed by atoms with van der Waals surface area (Å²) < 4.78 is 0. The fourth-order valence-electron chi connectivity index (χ4n) is 3.14. The maximum absolute atomic E-state index is 12.5. The van der Waals surface area contributed by atoms with Crippen molar-refractivity contribution in [1.29, 1.82) is 0 Å². The molecule has 3 rings (SSSR count). The molecule has 1 fully saturated rings. The number of anilines is 1. The summed E-state index contributed by atoms with van der Waals surface area (Å²) in [5, 5.41) is 5.88. The molecule has 27 heavy (non-hydrogen) atoms. The van der Waals surface area contributed by atoms with Gasteiger partial charge in [-0.2, -0.15) is 0 Å². The number of amides is 2. The second-order valence-corrected chi connectivity index (χ2v) is 7.06. The number of piperidine rings is 1. The first-order chi connectivity index (χ1) is 13.0. The van der Waals surface area contributed by atoms with Gasteiger partial charge in [-0.3, -0.25) is 14.9 Å². The average Bonchev–Trinajstić information content (AvgIpc) is 2.69. The lowest BCUT2D eigenvalue weighted by Gasteiger charge is -2.26. The summed E-state index contributed by atoms with van der Waals surface area (Å²) in [5.74, 6) is -0.181. The van der Waals surface area contributed by atoms with Gasteiger partial charge in [-0.1, -0.05) is 18.2 Å². The predicted molar refractivity (Wildman–Crippen MR) is 111 cm³/mol. The first kappa shape index (κ1) is 19.0. The SMILES string of the molecule is Cc1ccccc1C(=O)NC(=S)Nc1ccc(C(=O)N2CCCCC2)cc1. The van der Waals surface area contributed by atoms with Crippen LogP contribution in [-0.2, 0) is 0 Å². The minimum atomic E-state index is -0.248. The molecule has 0 spiro atoms. The molecule has 1 aliphatic rings. The van der Waals surface area contributed by atoms with Gasteiger partial charge < -0.3 is 10.2 Å². The molecule has 5 nitrogen and oxygen atoms in total. The van der Waals surface area contributed by atoms with E-state index < -0.39 is 0 Å². The van der Waals surface area contributed by atoms with E-state index in [1.54, 1.807) is 30.3 Å². The smallest absolute Gasteiger partial charge is 0.257 e. The Morgan fingerprint density at radius 1 is 0.963 bits per heavy atom. The van der Waals surface area contributed by atoms with Gasteiger partial charge >= 0.3 is 0 Å². The number of carbonyl (C=O) groups excluding carboxylic acids is 2. The van der Waals surface area contributed by atoms with E-state index in [9.17, 15) is 9.59 Å². The number of hydrogen-bond donors (Lipinski definition) is 2. The van der Waals surface area contributed by atoms with Crippen LogP contribution in [0.1, 0.15) is 45.5 Å². The molecule has 1 aliphatic heterocycles. The second-order valence-electron chi connectivity index (χ2n) is 6.65. The zero-order valence-corrected chi connectivity index (χ0v) is 16.1. The van der Waals surface area contributed by atoms with Crippen molar-refractivity contribution in [2.45, 2.75) is 26.2 Å². The lowest BCUT2D eigenvalue weighted by molar-refractivity contribution is 0.0724. The minimum Gasteiger partial charge on any atom is -0.339 e. The lowest BCUT2D eigenvalue weighted by atomic mass is 10.1. The largest absolute Gasteiger partial charge is 0.339 e. The van der Waals surface area contributed by atoms with Crippen molar-refractivity contribution in [3.63, 3.8) is 0 Å². The van der Waals surface area contributed by atoms with Crippen LogP contribution in [0.2, 0.25) is 0 Å². The van der Waals surface area contributed by atoms with Crippen LogP contribution in [-0.4, -0.2) is 34.9 Å². The third-order valence-electron chi connectivity index (χ3n) is 4.65. The van der Waals surface area contributed by atoms with Crippen LogP contribution in [0, 0.1) is 6.92 Å². The highest BCUT2D eigenvalue weighted by atomic mass is 32.1. The van der Waals surface area contributed by atoms with E-state index in [-0.39, 0.29) is 16.9 Å². The van der Waals surface area contributed by atoms with Crippen molar-refractivity contribution < 1.29 is 9.59 Å². The summed E-state index contributed by atoms with van der Waals surface area (Å²) in [7, 11) is 0. The second kappa shape index (κ2) is 8.77. The van der Waals surface area contributed by atoms with E-state index in [2.05, 4.69) is 10.6 Å². The monoisotopic (exact) mass is 381 g/mol. The molecule has 1 saturated heterocycles. The Kier molecular flexibility index (Phi) is 6.19. The Morgan fingerprint density at radius 3 is 2.30 bits per heavy atom. The van der Waals surface area contributed by atoms with Crippen LogP contribution in [0.25, 0.3) is 0 Å². The van der Waals surface area contributed by atoms with Crippen LogP contribution >= 0.6 is 12.2 Å². The zero-order valence-electron chi connectivity index (χ0n) is 15.3. The molecular weight excluding hydrogens is 358 g/mol. The molecule has 0 aliphatic carbocycles. The Labute approximate surface area is 164 Å². The van der Waals surface area contributed by atoms with Gasteiger partial charge in [-0.15, -0.1) is 0 Å². The highest BCUT2D eigenvalue weighted by Crippen LogP contribution is 2.15. The van der Waals surface area contributed by atoms with Gasteiger partial charge in [-0.05, 0) is 74.3 Å². The number of carbonyl (C=O) groups is 2. The van der Waals surface area contributed by atoms with Crippen molar-refractivity contribution >= 4 is 34.8 Å². The molecule has 0 bridgehead atoms. The summed E-state index contributed by atoms with van der Waals surface area (Å²) >= 11 is 5.22. The molecule has 140 valence electrons. The first-order valence-corrected chi connectivity index (χ1v) is 9.53. The molecule has 6 heteroatoms. The fraction of sp³-hybridized carbons (Fsp3) is 0.286. The van der Waals surface area contributed by atoms with Crippen LogP contribution < -0.4 is 10.6 Å². The van der Waals surface area contributed by atoms with Gasteiger partial charge in [0.2, 0.25) is 0 Å². The summed E-state index contributed by atoms with van der Waals surface area (Å²) in [6.07, 6.45) is 3.33. The molecule has 2 aromatic rings. The quantitative estimate of drug-likeness (QED) is 0.795. The number of rotatable bonds is 3. The molecule has 2 N–H and O–H groups in total. The van der Waals surface area contributed by atoms with Crippen LogP contribution in [0.4, 0.5) is 5.69 Å². The summed E-state index contributed by atoms with van der Waals surface area (Å²) in [6.45, 7) is 3.53. The predicted octanol–water partition coefficient (Wildman–Crippen LogP) is 3.75. The molecular formula is C21H23N3O2S. The number of hydrogen-bond acceptors (Lipinski definition) is 3. The molecule has 0 atom stereocenters. The van der Waals surface area contributed by atoms with Crippen LogP contribution in [0.5, 0.6) is 0 Å². The van der Waals surface area contributed by atoms with Crippen molar-refractivity contribution in [1.82, 2.24) is 10.2 Å². The molecule has 2 amide bonds. The Bertz CT molecular complexity index is 843. The maximum atomic E-state index is 12.5. The molecule has 0 unspecified atom stereocenters. The molecule has 1 heterocycles. The summed E-state index contributed by atoms with van der Waals surface area (Å²) in [4.78, 5) is 26.7. The van der Waals surface area contributed by atoms with Gasteiger partial charge in [-0.25, -0.2) is 0 Å². The van der Waals surface area contributed by atoms with E-state index in [1.807, 2.05) is 30.0 Å². The topological polar surface area (TPSA) is 61.4 Å². The first-order valence-electron chi connectivity index (χ1n) is 9.12. The molecule has 0 radical (unpaired) electrons. The molecule has 0 saturated carbocycles. The molecule has 2 aromatic carbocycles. The maximum Gasteiger partial charge on any atom is 0.257 e. The van der Waals surface area contributed by atoms with Gasteiger partial charge in [0, 0.05) is 29.9 Å². The number of thiocarbonyl (C=S) groups is 1. The van der Waals surface area contributed by atoms with Gasteiger partial charge in [0.15, 0.2) is 5.11 Å². The fourth-order valence-corrected chi connectivity index (χ4v) is 3.35. The van der Waals surface area contributed by atoms with Gasteiger partial charge in [0.05, 0.1) is 0 Å². The van der Waals surface area contributed by atoms with Gasteiger partial charge in [0.25, 0.3) is 11.8 Å². The average molecular weight is 382 g/mol. The van der Waals surface area contributed by atoms with E-state index >= 15 is 0 Å². The normalized spacial score (nSPS) is 13.7. The molecule has 0 aromatic heterocycles. The lowest BCUT2D eigenvalue weighted by Crippen LogP contribution is -2.35. The number of likely N-dealkylation sites (tertiary alicyclic amines) is 1. The Hall–Kier alpha value is -2.73. The van der Waals surface area contributed by atoms with Gasteiger partial charge in [0.1, 0.15) is 0 Å². The van der Waals surface area contributed by atoms with Crippen LogP contribution in [0.15, 0.2) is 48.5 Å². The highest BCUT2D eigenvalue weighted by Gasteiger charge is 2.18. The minimum absolute atomic E-state index is 0.0664. The number of benzene rings is 2. The van der Waals surface area contributed by atoms with Crippen molar-refractivity contribution in [2.75, 3.05) is 18.4 Å². The van der Waals surface area contributed by atoms with Crippen LogP contribution in [0.3, 0.4) is 0 Å². The van der Waals surface area contributed by atoms with E-state index in [0.717, 1.165) is 37.2 Å². The van der Waals surface area contributed by atoms with Crippen molar-refractivity contribution in [3.05, 3.63) is 65.2 Å². The third kappa shape index (κ3) is 4.92. The number of nitrogens with zero attached hydrogens (tertiary/aromatic N) is 1.